The number of carbonyl (C=O) groups excluding carboxylic acids is 6. The molecular weight excluding hydrogens is 869 g/mol. The maximum absolute atomic E-state index is 14.2. The average molecular weight is 921 g/mol. The lowest BCUT2D eigenvalue weighted by Gasteiger charge is -2.43. The zero-order chi connectivity index (χ0) is 46.6. The summed E-state index contributed by atoms with van der Waals surface area (Å²) in [6.45, 7) is 1.88. The number of carbonyl (C=O) groups is 6. The van der Waals surface area contributed by atoms with Crippen molar-refractivity contribution in [3.05, 3.63) is 63.7 Å². The Morgan fingerprint density at radius 3 is 2.52 bits per heavy atom. The first kappa shape index (κ1) is 45.9. The number of morpholine rings is 1. The molecule has 2 aromatic carbocycles. The van der Waals surface area contributed by atoms with Crippen molar-refractivity contribution in [3.63, 3.8) is 0 Å². The number of nitrogen functional groups attached to an aromatic ring is 1. The van der Waals surface area contributed by atoms with Crippen LogP contribution >= 0.6 is 0 Å². The van der Waals surface area contributed by atoms with Crippen LogP contribution in [-0.2, 0) is 63.5 Å². The molecule has 2 aliphatic carbocycles. The lowest BCUT2D eigenvalue weighted by molar-refractivity contribution is -0.256. The number of nitrogens with two attached hydrogens (primary N) is 1. The molecule has 6 N–H and O–H groups in total. The summed E-state index contributed by atoms with van der Waals surface area (Å²) in [7, 11) is 1.53. The molecule has 0 spiro atoms. The molecule has 66 heavy (non-hydrogen) atoms. The Bertz CT molecular complexity index is 2340. The highest BCUT2D eigenvalue weighted by Crippen LogP contribution is 2.53. The topological polar surface area (TPSA) is 281 Å². The van der Waals surface area contributed by atoms with Crippen molar-refractivity contribution in [1.29, 1.82) is 0 Å². The van der Waals surface area contributed by atoms with E-state index >= 15 is 0 Å². The summed E-state index contributed by atoms with van der Waals surface area (Å²) in [6, 6.07) is 4.09. The van der Waals surface area contributed by atoms with Gasteiger partial charge in [-0.15, -0.1) is 0 Å². The zero-order valence-corrected chi connectivity index (χ0v) is 36.3. The highest BCUT2D eigenvalue weighted by atomic mass is 16.7. The number of phenolic OH excluding ortho intramolecular Hbond substituents is 2. The maximum Gasteiger partial charge on any atom is 0.253 e. The standard InChI is InChI=1S/C45H52N4O17/c1-21-42-26(48-13-14-61-44(59-2)43(48)66-42)15-33(63-21)65-27-17-45(58,16-24-35(27)41(57)37-36(39(24)55)38(54)23-6-4-7-25(46)34(23)40(37)56)28(50)19-62-32-8-3-5-22(64-32)18-60-20-29(51)47-11-12-49-30(52)9-10-31(49)53/h4,6-7,9-10,21-22,26-27,32-33,42-44,55,57-58H,3,5,8,11-20,46H2,1-2H3,(H,47,51)/t21-,22?,26-,27-,32?,33-,42+,43+,44-,45-/m0/s1. The number of aromatic hydroxyl groups is 2. The van der Waals surface area contributed by atoms with Gasteiger partial charge < -0.3 is 64.3 Å². The van der Waals surface area contributed by atoms with E-state index < -0.39 is 126 Å². The van der Waals surface area contributed by atoms with Gasteiger partial charge in [0.1, 0.15) is 36.4 Å². The minimum absolute atomic E-state index is 0.00181. The second kappa shape index (κ2) is 18.5. The van der Waals surface area contributed by atoms with Gasteiger partial charge in [-0.25, -0.2) is 0 Å². The molecule has 5 heterocycles. The summed E-state index contributed by atoms with van der Waals surface area (Å²) in [6.07, 6.45) is -2.68. The number of rotatable bonds is 14. The molecule has 4 fully saturated rings. The fourth-order valence-corrected chi connectivity index (χ4v) is 10.1. The van der Waals surface area contributed by atoms with Gasteiger partial charge in [0.25, 0.3) is 11.8 Å². The summed E-state index contributed by atoms with van der Waals surface area (Å²) in [4.78, 5) is 81.1. The number of ether oxygens (including phenoxy) is 8. The molecule has 354 valence electrons. The smallest absolute Gasteiger partial charge is 0.253 e. The summed E-state index contributed by atoms with van der Waals surface area (Å²) in [5.41, 5.74) is 2.44. The Kier molecular flexibility index (Phi) is 12.9. The largest absolute Gasteiger partial charge is 0.507 e. The minimum atomic E-state index is -2.30. The molecule has 9 rings (SSSR count). The highest BCUT2D eigenvalue weighted by molar-refractivity contribution is 6.32. The van der Waals surface area contributed by atoms with Crippen LogP contribution in [0.4, 0.5) is 5.69 Å². The van der Waals surface area contributed by atoms with Crippen molar-refractivity contribution in [2.75, 3.05) is 58.9 Å². The summed E-state index contributed by atoms with van der Waals surface area (Å²) >= 11 is 0. The predicted octanol–water partition coefficient (Wildman–Crippen LogP) is 0.262. The van der Waals surface area contributed by atoms with Gasteiger partial charge in [0, 0.05) is 86.6 Å². The molecule has 3 amide bonds. The molecule has 21 heteroatoms. The fourth-order valence-electron chi connectivity index (χ4n) is 10.1. The number of nitrogens with zero attached hydrogens (tertiary/aromatic N) is 2. The second-order valence-electron chi connectivity index (χ2n) is 17.5. The number of Topliss-reactive ketones (excluding diaryl/α,β-unsaturated/α-hetero) is 1. The highest BCUT2D eigenvalue weighted by Gasteiger charge is 2.55. The van der Waals surface area contributed by atoms with Gasteiger partial charge in [-0.3, -0.25) is 38.6 Å². The van der Waals surface area contributed by atoms with Crippen LogP contribution in [0.3, 0.4) is 0 Å². The number of imide groups is 1. The van der Waals surface area contributed by atoms with E-state index in [2.05, 4.69) is 10.2 Å². The van der Waals surface area contributed by atoms with Gasteiger partial charge in [0.15, 0.2) is 42.4 Å². The van der Waals surface area contributed by atoms with Crippen molar-refractivity contribution < 1.29 is 82.0 Å². The number of anilines is 1. The van der Waals surface area contributed by atoms with E-state index in [1.807, 2.05) is 6.92 Å². The third-order valence-corrected chi connectivity index (χ3v) is 13.4. The molecule has 0 radical (unpaired) electrons. The second-order valence-corrected chi connectivity index (χ2v) is 17.5. The lowest BCUT2D eigenvalue weighted by Crippen LogP contribution is -2.55. The number of aliphatic hydroxyl groups is 1. The Hall–Kier alpha value is -5.20. The molecule has 21 nitrogen and oxygen atoms in total. The van der Waals surface area contributed by atoms with Crippen LogP contribution in [0, 0.1) is 0 Å². The number of amides is 3. The summed E-state index contributed by atoms with van der Waals surface area (Å²) in [5, 5.41) is 38.9. The van der Waals surface area contributed by atoms with E-state index in [1.54, 1.807) is 0 Å². The molecule has 0 bridgehead atoms. The van der Waals surface area contributed by atoms with Gasteiger partial charge in [-0.1, -0.05) is 12.1 Å². The van der Waals surface area contributed by atoms with E-state index in [1.165, 1.54) is 25.3 Å². The van der Waals surface area contributed by atoms with Gasteiger partial charge in [0.2, 0.25) is 5.91 Å². The number of ketones is 3. The molecule has 2 unspecified atom stereocenters. The third kappa shape index (κ3) is 8.41. The number of phenols is 2. The van der Waals surface area contributed by atoms with Crippen molar-refractivity contribution >= 4 is 40.8 Å². The van der Waals surface area contributed by atoms with Crippen LogP contribution in [0.15, 0.2) is 30.4 Å². The Balaban J connectivity index is 0.902. The van der Waals surface area contributed by atoms with E-state index in [0.717, 1.165) is 17.1 Å². The monoisotopic (exact) mass is 920 g/mol. The molecular formula is C45H52N4O17. The minimum Gasteiger partial charge on any atom is -0.507 e. The van der Waals surface area contributed by atoms with Crippen LogP contribution in [0.25, 0.3) is 0 Å². The van der Waals surface area contributed by atoms with Gasteiger partial charge in [-0.05, 0) is 32.3 Å². The molecule has 2 aromatic rings. The predicted molar refractivity (Wildman–Crippen MR) is 223 cm³/mol. The quantitative estimate of drug-likeness (QED) is 0.0824. The summed E-state index contributed by atoms with van der Waals surface area (Å²) in [5.74, 6) is -5.10. The Morgan fingerprint density at radius 1 is 0.970 bits per heavy atom. The molecule has 0 saturated carbocycles. The van der Waals surface area contributed by atoms with Crippen LogP contribution < -0.4 is 11.1 Å². The molecule has 10 atom stereocenters. The zero-order valence-electron chi connectivity index (χ0n) is 36.3. The molecule has 7 aliphatic rings. The number of hydrogen-bond acceptors (Lipinski definition) is 19. The molecule has 0 aromatic heterocycles. The van der Waals surface area contributed by atoms with E-state index in [0.29, 0.717) is 32.4 Å². The van der Waals surface area contributed by atoms with Gasteiger partial charge in [-0.2, -0.15) is 0 Å². The average Bonchev–Trinajstić information content (AvgIpc) is 3.84. The van der Waals surface area contributed by atoms with E-state index in [9.17, 15) is 44.1 Å². The lowest BCUT2D eigenvalue weighted by atomic mass is 9.71. The van der Waals surface area contributed by atoms with Crippen LogP contribution in [-0.4, -0.2) is 168 Å². The number of nitrogens with one attached hydrogen (secondary N) is 1. The fraction of sp³-hybridized carbons (Fsp3) is 0.556. The SMILES string of the molecule is CO[C@H]1OCCN2[C@@H]1O[C@@H]1[C@H](C)O[C@@H](O[C@H]3C[C@](O)(C(=O)COC4CCCC(COCC(=O)NCCN5C(=O)C=CC5=O)O4)Cc4c(O)c5c(c(O)c43)C(=O)c3c(N)cccc3C5=O)C[C@@H]12. The van der Waals surface area contributed by atoms with Crippen LogP contribution in [0.5, 0.6) is 11.5 Å². The Labute approximate surface area is 377 Å². The Morgan fingerprint density at radius 2 is 1.74 bits per heavy atom. The number of benzene rings is 2. The molecule has 5 aliphatic heterocycles. The van der Waals surface area contributed by atoms with Gasteiger partial charge >= 0.3 is 0 Å². The first-order valence-corrected chi connectivity index (χ1v) is 22.0. The van der Waals surface area contributed by atoms with Crippen molar-refractivity contribution in [3.8, 4) is 11.5 Å². The summed E-state index contributed by atoms with van der Waals surface area (Å²) < 4.78 is 48.0. The normalized spacial score (nSPS) is 31.6. The number of methoxy groups -OCH3 is 1. The first-order valence-electron chi connectivity index (χ1n) is 22.0. The van der Waals surface area contributed by atoms with Crippen molar-refractivity contribution in [1.82, 2.24) is 15.1 Å². The maximum atomic E-state index is 14.2. The first-order chi connectivity index (χ1) is 31.7. The van der Waals surface area contributed by atoms with Crippen molar-refractivity contribution in [2.24, 2.45) is 0 Å². The van der Waals surface area contributed by atoms with E-state index in [-0.39, 0.29) is 72.8 Å². The number of fused-ring (bicyclic) bond motifs is 6. The van der Waals surface area contributed by atoms with Gasteiger partial charge in [0.05, 0.1) is 48.2 Å². The molecule has 4 saturated heterocycles. The van der Waals surface area contributed by atoms with Crippen LogP contribution in [0.1, 0.15) is 88.1 Å². The van der Waals surface area contributed by atoms with E-state index in [4.69, 9.17) is 43.6 Å². The van der Waals surface area contributed by atoms with Crippen LogP contribution in [0.2, 0.25) is 0 Å². The van der Waals surface area contributed by atoms with Crippen molar-refractivity contribution in [2.45, 2.75) is 107 Å². The third-order valence-electron chi connectivity index (χ3n) is 13.4. The number of hydrogen-bond donors (Lipinski definition) is 5.